The molecule has 0 radical (unpaired) electrons. The van der Waals surface area contributed by atoms with Crippen molar-refractivity contribution in [3.63, 3.8) is 0 Å². The number of anilines is 1. The Hall–Kier alpha value is -3.00. The molecule has 3 aromatic rings. The molecule has 2 heterocycles. The summed E-state index contributed by atoms with van der Waals surface area (Å²) in [5, 5.41) is 3.13. The maximum atomic E-state index is 13.6. The van der Waals surface area contributed by atoms with E-state index in [-0.39, 0.29) is 12.5 Å². The van der Waals surface area contributed by atoms with Crippen molar-refractivity contribution in [1.29, 1.82) is 0 Å². The molecule has 6 nitrogen and oxygen atoms in total. The van der Waals surface area contributed by atoms with E-state index in [1.807, 2.05) is 67.6 Å². The Bertz CT molecular complexity index is 1310. The lowest BCUT2D eigenvalue weighted by atomic mass is 9.73. The number of nitrogens with one attached hydrogen (secondary N) is 1. The van der Waals surface area contributed by atoms with Crippen molar-refractivity contribution in [1.82, 2.24) is 4.31 Å². The molecule has 5 rings (SSSR count). The normalized spacial score (nSPS) is 18.0. The molecule has 3 aromatic carbocycles. The minimum atomic E-state index is -3.59. The smallest absolute Gasteiger partial charge is 0.243 e. The summed E-state index contributed by atoms with van der Waals surface area (Å²) in [7, 11) is -3.59. The SMILES string of the molecule is Cc1ccc(S(=O)(=O)N2CCc3ccc(NC(=O)C4(c5ccccc5)CCOCC4)cc3C2)cc1. The Labute approximate surface area is 207 Å². The molecule has 0 saturated carbocycles. The van der Waals surface area contributed by atoms with Gasteiger partial charge in [-0.05, 0) is 67.1 Å². The van der Waals surface area contributed by atoms with E-state index in [0.29, 0.717) is 49.6 Å². The van der Waals surface area contributed by atoms with Crippen molar-refractivity contribution in [3.8, 4) is 0 Å². The summed E-state index contributed by atoms with van der Waals surface area (Å²) in [6, 6.07) is 22.7. The number of nitrogens with zero attached hydrogens (tertiary/aromatic N) is 1. The third-order valence-electron chi connectivity index (χ3n) is 7.21. The van der Waals surface area contributed by atoms with Crippen molar-refractivity contribution >= 4 is 21.6 Å². The van der Waals surface area contributed by atoms with Gasteiger partial charge in [0.25, 0.3) is 0 Å². The van der Waals surface area contributed by atoms with Crippen LogP contribution in [0.5, 0.6) is 0 Å². The predicted octanol–water partition coefficient (Wildman–Crippen LogP) is 4.43. The zero-order chi connectivity index (χ0) is 24.5. The summed E-state index contributed by atoms with van der Waals surface area (Å²) in [5.74, 6) is -0.0492. The number of fused-ring (bicyclic) bond motifs is 1. The fourth-order valence-electron chi connectivity index (χ4n) is 5.05. The van der Waals surface area contributed by atoms with Crippen LogP contribution < -0.4 is 5.32 Å². The molecule has 1 amide bonds. The van der Waals surface area contributed by atoms with Crippen molar-refractivity contribution in [2.45, 2.75) is 43.0 Å². The van der Waals surface area contributed by atoms with Gasteiger partial charge in [-0.3, -0.25) is 4.79 Å². The Balaban J connectivity index is 1.38. The van der Waals surface area contributed by atoms with Crippen LogP contribution in [0, 0.1) is 6.92 Å². The molecule has 0 aliphatic carbocycles. The highest BCUT2D eigenvalue weighted by Gasteiger charge is 2.41. The summed E-state index contributed by atoms with van der Waals surface area (Å²) in [6.45, 7) is 3.74. The Morgan fingerprint density at radius 1 is 0.943 bits per heavy atom. The molecule has 0 spiro atoms. The Kier molecular flexibility index (Phi) is 6.49. The monoisotopic (exact) mass is 490 g/mol. The number of carbonyl (C=O) groups is 1. The third kappa shape index (κ3) is 4.63. The van der Waals surface area contributed by atoms with Crippen LogP contribution in [0.1, 0.15) is 35.1 Å². The van der Waals surface area contributed by atoms with Gasteiger partial charge in [0.1, 0.15) is 0 Å². The highest BCUT2D eigenvalue weighted by Crippen LogP contribution is 2.36. The van der Waals surface area contributed by atoms with Gasteiger partial charge >= 0.3 is 0 Å². The van der Waals surface area contributed by atoms with Crippen LogP contribution in [0.15, 0.2) is 77.7 Å². The zero-order valence-corrected chi connectivity index (χ0v) is 20.7. The largest absolute Gasteiger partial charge is 0.381 e. The molecule has 182 valence electrons. The molecule has 0 unspecified atom stereocenters. The lowest BCUT2D eigenvalue weighted by molar-refractivity contribution is -0.125. The van der Waals surface area contributed by atoms with E-state index in [1.54, 1.807) is 12.1 Å². The minimum Gasteiger partial charge on any atom is -0.381 e. The van der Waals surface area contributed by atoms with E-state index >= 15 is 0 Å². The molecular weight excluding hydrogens is 460 g/mol. The molecule has 2 aliphatic heterocycles. The highest BCUT2D eigenvalue weighted by molar-refractivity contribution is 7.89. The summed E-state index contributed by atoms with van der Waals surface area (Å²) >= 11 is 0. The van der Waals surface area contributed by atoms with Crippen molar-refractivity contribution in [3.05, 3.63) is 95.1 Å². The number of hydrogen-bond acceptors (Lipinski definition) is 4. The summed E-state index contributed by atoms with van der Waals surface area (Å²) in [5.41, 5.74) is 4.09. The van der Waals surface area contributed by atoms with Gasteiger partial charge in [-0.15, -0.1) is 0 Å². The number of carbonyl (C=O) groups excluding carboxylic acids is 1. The predicted molar refractivity (Wildman–Crippen MR) is 136 cm³/mol. The zero-order valence-electron chi connectivity index (χ0n) is 19.9. The fraction of sp³-hybridized carbons (Fsp3) is 0.321. The van der Waals surface area contributed by atoms with Gasteiger partial charge in [-0.1, -0.05) is 54.1 Å². The van der Waals surface area contributed by atoms with E-state index in [1.165, 1.54) is 4.31 Å². The molecule has 35 heavy (non-hydrogen) atoms. The molecule has 0 bridgehead atoms. The van der Waals surface area contributed by atoms with Crippen molar-refractivity contribution < 1.29 is 17.9 Å². The summed E-state index contributed by atoms with van der Waals surface area (Å²) in [6.07, 6.45) is 1.88. The maximum Gasteiger partial charge on any atom is 0.243 e. The first-order chi connectivity index (χ1) is 16.9. The lowest BCUT2D eigenvalue weighted by Gasteiger charge is -2.36. The second-order valence-corrected chi connectivity index (χ2v) is 11.3. The van der Waals surface area contributed by atoms with Crippen LogP contribution in [0.4, 0.5) is 5.69 Å². The number of ether oxygens (including phenoxy) is 1. The van der Waals surface area contributed by atoms with E-state index < -0.39 is 15.4 Å². The Morgan fingerprint density at radius 2 is 1.66 bits per heavy atom. The number of aryl methyl sites for hydroxylation is 1. The molecule has 7 heteroatoms. The second kappa shape index (κ2) is 9.57. The van der Waals surface area contributed by atoms with Gasteiger partial charge in [0.05, 0.1) is 10.3 Å². The van der Waals surface area contributed by atoms with E-state index in [4.69, 9.17) is 4.74 Å². The summed E-state index contributed by atoms with van der Waals surface area (Å²) in [4.78, 5) is 13.9. The molecule has 1 saturated heterocycles. The van der Waals surface area contributed by atoms with E-state index in [0.717, 1.165) is 22.3 Å². The number of amides is 1. The van der Waals surface area contributed by atoms with Crippen LogP contribution >= 0.6 is 0 Å². The first-order valence-corrected chi connectivity index (χ1v) is 13.5. The minimum absolute atomic E-state index is 0.0492. The van der Waals surface area contributed by atoms with Crippen LogP contribution in [-0.4, -0.2) is 38.4 Å². The van der Waals surface area contributed by atoms with Gasteiger partial charge in [-0.25, -0.2) is 8.42 Å². The molecule has 2 aliphatic rings. The fourth-order valence-corrected chi connectivity index (χ4v) is 6.47. The van der Waals surface area contributed by atoms with Gasteiger partial charge in [-0.2, -0.15) is 4.31 Å². The van der Waals surface area contributed by atoms with Gasteiger partial charge < -0.3 is 10.1 Å². The third-order valence-corrected chi connectivity index (χ3v) is 9.07. The van der Waals surface area contributed by atoms with Crippen LogP contribution in [0.2, 0.25) is 0 Å². The topological polar surface area (TPSA) is 75.7 Å². The van der Waals surface area contributed by atoms with Crippen molar-refractivity contribution in [2.75, 3.05) is 25.1 Å². The second-order valence-electron chi connectivity index (χ2n) is 9.40. The van der Waals surface area contributed by atoms with Crippen molar-refractivity contribution in [2.24, 2.45) is 0 Å². The van der Waals surface area contributed by atoms with Crippen LogP contribution in [-0.2, 0) is 37.9 Å². The molecule has 1 fully saturated rings. The first kappa shape index (κ1) is 23.7. The molecular formula is C28H30N2O4S. The molecule has 0 atom stereocenters. The molecule has 0 aromatic heterocycles. The van der Waals surface area contributed by atoms with Crippen LogP contribution in [0.3, 0.4) is 0 Å². The highest BCUT2D eigenvalue weighted by atomic mass is 32.2. The number of benzene rings is 3. The number of rotatable bonds is 5. The Morgan fingerprint density at radius 3 is 2.37 bits per heavy atom. The number of sulfonamides is 1. The average Bonchev–Trinajstić information content (AvgIpc) is 2.89. The first-order valence-electron chi connectivity index (χ1n) is 12.0. The number of hydrogen-bond donors (Lipinski definition) is 1. The molecule has 1 N–H and O–H groups in total. The average molecular weight is 491 g/mol. The lowest BCUT2D eigenvalue weighted by Crippen LogP contribution is -2.44. The van der Waals surface area contributed by atoms with E-state index in [2.05, 4.69) is 5.32 Å². The van der Waals surface area contributed by atoms with Gasteiger partial charge in [0, 0.05) is 32.0 Å². The standard InChI is InChI=1S/C28H30N2O4S/c1-21-7-11-26(12-8-21)35(32,33)30-16-13-22-9-10-25(19-23(22)20-30)29-27(31)28(14-17-34-18-15-28)24-5-3-2-4-6-24/h2-12,19H,13-18,20H2,1H3,(H,29,31). The van der Waals surface area contributed by atoms with E-state index in [9.17, 15) is 13.2 Å². The maximum absolute atomic E-state index is 13.6. The quantitative estimate of drug-likeness (QED) is 0.574. The summed E-state index contributed by atoms with van der Waals surface area (Å²) < 4.78 is 33.5. The van der Waals surface area contributed by atoms with Gasteiger partial charge in [0.2, 0.25) is 15.9 Å². The van der Waals surface area contributed by atoms with Gasteiger partial charge in [0.15, 0.2) is 0 Å². The van der Waals surface area contributed by atoms with Crippen LogP contribution in [0.25, 0.3) is 0 Å².